The Labute approximate surface area is 132 Å². The number of carbonyl (C=O) groups excluding carboxylic acids is 1. The zero-order valence-corrected chi connectivity index (χ0v) is 13.3. The van der Waals surface area contributed by atoms with Gasteiger partial charge in [-0.1, -0.05) is 13.0 Å². The number of amides is 1. The van der Waals surface area contributed by atoms with Crippen LogP contribution in [0.25, 0.3) is 10.8 Å². The Balaban J connectivity index is 2.07. The van der Waals surface area contributed by atoms with E-state index in [1.54, 1.807) is 0 Å². The minimum atomic E-state index is -1.02. The first-order chi connectivity index (χ1) is 10.5. The van der Waals surface area contributed by atoms with E-state index in [1.165, 1.54) is 22.5 Å². The summed E-state index contributed by atoms with van der Waals surface area (Å²) in [5.41, 5.74) is 0.507. The third-order valence-electron chi connectivity index (χ3n) is 3.36. The number of oxazole rings is 1. The second-order valence-electron chi connectivity index (χ2n) is 4.97. The third kappa shape index (κ3) is 3.94. The van der Waals surface area contributed by atoms with Gasteiger partial charge >= 0.3 is 5.97 Å². The predicted molar refractivity (Wildman–Crippen MR) is 82.6 cm³/mol. The fourth-order valence-electron chi connectivity index (χ4n) is 2.01. The highest BCUT2D eigenvalue weighted by Gasteiger charge is 2.23. The zero-order chi connectivity index (χ0) is 16.1. The van der Waals surface area contributed by atoms with Crippen molar-refractivity contribution in [3.63, 3.8) is 0 Å². The van der Waals surface area contributed by atoms with Gasteiger partial charge in [-0.25, -0.2) is 4.98 Å². The van der Waals surface area contributed by atoms with Crippen LogP contribution in [0.4, 0.5) is 0 Å². The van der Waals surface area contributed by atoms with Crippen molar-refractivity contribution in [2.45, 2.75) is 32.7 Å². The van der Waals surface area contributed by atoms with Crippen molar-refractivity contribution < 1.29 is 19.1 Å². The lowest BCUT2D eigenvalue weighted by atomic mass is 10.2. The molecule has 0 aromatic carbocycles. The standard InChI is InChI=1S/C15H18N2O4S/c1-3-10(2)17(8-14(19)20)13(18)7-11-9-21-15(16-11)12-5-4-6-22-12/h4-6,9-10H,3,7-8H2,1-2H3,(H,19,20). The molecule has 0 saturated carbocycles. The number of thiophene rings is 1. The first-order valence-corrected chi connectivity index (χ1v) is 7.88. The fourth-order valence-corrected chi connectivity index (χ4v) is 2.67. The molecule has 0 saturated heterocycles. The Kier molecular flexibility index (Phi) is 5.32. The Bertz CT molecular complexity index is 636. The highest BCUT2D eigenvalue weighted by Crippen LogP contribution is 2.24. The highest BCUT2D eigenvalue weighted by molar-refractivity contribution is 7.13. The lowest BCUT2D eigenvalue weighted by Gasteiger charge is -2.26. The summed E-state index contributed by atoms with van der Waals surface area (Å²) >= 11 is 1.50. The molecule has 2 heterocycles. The second-order valence-corrected chi connectivity index (χ2v) is 5.92. The Hall–Kier alpha value is -2.15. The minimum absolute atomic E-state index is 0.0342. The summed E-state index contributed by atoms with van der Waals surface area (Å²) in [7, 11) is 0. The maximum Gasteiger partial charge on any atom is 0.323 e. The van der Waals surface area contributed by atoms with Crippen LogP contribution in [-0.2, 0) is 16.0 Å². The molecule has 6 nitrogen and oxygen atoms in total. The molecule has 0 aliphatic carbocycles. The molecule has 118 valence electrons. The molecule has 0 bridgehead atoms. The molecule has 1 unspecified atom stereocenters. The number of rotatable bonds is 7. The molecule has 1 atom stereocenters. The van der Waals surface area contributed by atoms with Crippen molar-refractivity contribution >= 4 is 23.2 Å². The summed E-state index contributed by atoms with van der Waals surface area (Å²) < 4.78 is 5.37. The molecule has 7 heteroatoms. The van der Waals surface area contributed by atoms with Crippen LogP contribution in [0.5, 0.6) is 0 Å². The van der Waals surface area contributed by atoms with E-state index in [-0.39, 0.29) is 24.9 Å². The molecule has 0 aliphatic heterocycles. The first kappa shape index (κ1) is 16.2. The predicted octanol–water partition coefficient (Wildman–Crippen LogP) is 2.66. The van der Waals surface area contributed by atoms with Crippen LogP contribution in [0.15, 0.2) is 28.2 Å². The minimum Gasteiger partial charge on any atom is -0.480 e. The summed E-state index contributed by atoms with van der Waals surface area (Å²) in [4.78, 5) is 29.8. The number of aliphatic carboxylic acids is 1. The second kappa shape index (κ2) is 7.22. The van der Waals surface area contributed by atoms with E-state index >= 15 is 0 Å². The van der Waals surface area contributed by atoms with Gasteiger partial charge in [0.25, 0.3) is 0 Å². The van der Waals surface area contributed by atoms with Crippen LogP contribution in [0.2, 0.25) is 0 Å². The number of aromatic nitrogens is 1. The van der Waals surface area contributed by atoms with Crippen LogP contribution in [-0.4, -0.2) is 39.5 Å². The normalized spacial score (nSPS) is 12.1. The molecule has 2 aromatic rings. The number of carbonyl (C=O) groups is 2. The van der Waals surface area contributed by atoms with E-state index in [0.29, 0.717) is 18.0 Å². The van der Waals surface area contributed by atoms with Gasteiger partial charge in [0.15, 0.2) is 0 Å². The van der Waals surface area contributed by atoms with Crippen LogP contribution < -0.4 is 0 Å². The summed E-state index contributed by atoms with van der Waals surface area (Å²) in [6.45, 7) is 3.45. The van der Waals surface area contributed by atoms with Crippen LogP contribution in [0.3, 0.4) is 0 Å². The largest absolute Gasteiger partial charge is 0.480 e. The van der Waals surface area contributed by atoms with E-state index in [1.807, 2.05) is 31.4 Å². The monoisotopic (exact) mass is 322 g/mol. The van der Waals surface area contributed by atoms with Gasteiger partial charge in [0.05, 0.1) is 17.0 Å². The van der Waals surface area contributed by atoms with Crippen molar-refractivity contribution in [1.29, 1.82) is 0 Å². The summed E-state index contributed by atoms with van der Waals surface area (Å²) in [6, 6.07) is 3.65. The number of hydrogen-bond donors (Lipinski definition) is 1. The van der Waals surface area contributed by atoms with Gasteiger partial charge in [0, 0.05) is 6.04 Å². The number of carboxylic acid groups (broad SMARTS) is 1. The lowest BCUT2D eigenvalue weighted by Crippen LogP contribution is -2.42. The molecule has 0 fully saturated rings. The summed E-state index contributed by atoms with van der Waals surface area (Å²) in [6.07, 6.45) is 2.17. The SMILES string of the molecule is CCC(C)N(CC(=O)O)C(=O)Cc1coc(-c2cccs2)n1. The quantitative estimate of drug-likeness (QED) is 0.847. The van der Waals surface area contributed by atoms with Gasteiger partial charge in [-0.15, -0.1) is 11.3 Å². The van der Waals surface area contributed by atoms with Crippen molar-refractivity contribution in [3.8, 4) is 10.8 Å². The fraction of sp³-hybridized carbons (Fsp3) is 0.400. The Morgan fingerprint density at radius 1 is 1.50 bits per heavy atom. The van der Waals surface area contributed by atoms with Crippen molar-refractivity contribution in [1.82, 2.24) is 9.88 Å². The average Bonchev–Trinajstić information content (AvgIpc) is 3.14. The molecule has 22 heavy (non-hydrogen) atoms. The lowest BCUT2D eigenvalue weighted by molar-refractivity contribution is -0.145. The number of carboxylic acids is 1. The van der Waals surface area contributed by atoms with Gasteiger partial charge in [-0.3, -0.25) is 9.59 Å². The van der Waals surface area contributed by atoms with E-state index in [0.717, 1.165) is 4.88 Å². The van der Waals surface area contributed by atoms with Gasteiger partial charge in [0.2, 0.25) is 11.8 Å². The van der Waals surface area contributed by atoms with Crippen molar-refractivity contribution in [2.24, 2.45) is 0 Å². The van der Waals surface area contributed by atoms with Gasteiger partial charge in [0.1, 0.15) is 12.8 Å². The Morgan fingerprint density at radius 2 is 2.27 bits per heavy atom. The molecule has 0 aliphatic rings. The Morgan fingerprint density at radius 3 is 2.86 bits per heavy atom. The van der Waals surface area contributed by atoms with E-state index in [4.69, 9.17) is 9.52 Å². The zero-order valence-electron chi connectivity index (χ0n) is 12.5. The molecule has 2 rings (SSSR count). The molecule has 1 N–H and O–H groups in total. The third-order valence-corrected chi connectivity index (χ3v) is 4.22. The van der Waals surface area contributed by atoms with E-state index < -0.39 is 5.97 Å². The van der Waals surface area contributed by atoms with E-state index in [2.05, 4.69) is 4.98 Å². The molecule has 0 radical (unpaired) electrons. The molecule has 1 amide bonds. The average molecular weight is 322 g/mol. The maximum atomic E-state index is 12.3. The molecule has 0 spiro atoms. The van der Waals surface area contributed by atoms with Crippen molar-refractivity contribution in [2.75, 3.05) is 6.54 Å². The van der Waals surface area contributed by atoms with E-state index in [9.17, 15) is 9.59 Å². The topological polar surface area (TPSA) is 83.6 Å². The maximum absolute atomic E-state index is 12.3. The van der Waals surface area contributed by atoms with Crippen molar-refractivity contribution in [3.05, 3.63) is 29.5 Å². The smallest absolute Gasteiger partial charge is 0.323 e. The highest BCUT2D eigenvalue weighted by atomic mass is 32.1. The van der Waals surface area contributed by atoms with Crippen LogP contribution in [0, 0.1) is 0 Å². The molecule has 2 aromatic heterocycles. The van der Waals surface area contributed by atoms with Crippen LogP contribution in [0.1, 0.15) is 26.0 Å². The summed E-state index contributed by atoms with van der Waals surface area (Å²) in [5, 5.41) is 10.9. The first-order valence-electron chi connectivity index (χ1n) is 7.00. The number of hydrogen-bond acceptors (Lipinski definition) is 5. The van der Waals surface area contributed by atoms with Crippen LogP contribution >= 0.6 is 11.3 Å². The number of nitrogens with zero attached hydrogens (tertiary/aromatic N) is 2. The van der Waals surface area contributed by atoms with Gasteiger partial charge < -0.3 is 14.4 Å². The molecular formula is C15H18N2O4S. The molecular weight excluding hydrogens is 304 g/mol. The summed E-state index contributed by atoms with van der Waals surface area (Å²) in [5.74, 6) is -0.804. The van der Waals surface area contributed by atoms with Gasteiger partial charge in [-0.05, 0) is 24.8 Å². The van der Waals surface area contributed by atoms with Gasteiger partial charge in [-0.2, -0.15) is 0 Å².